The molecular weight excluding hydrogens is 425 g/mol. The summed E-state index contributed by atoms with van der Waals surface area (Å²) in [6.07, 6.45) is 1.46. The number of halogens is 1. The van der Waals surface area contributed by atoms with E-state index in [-0.39, 0.29) is 25.4 Å². The molecule has 1 heterocycles. The van der Waals surface area contributed by atoms with Crippen LogP contribution >= 0.6 is 0 Å². The van der Waals surface area contributed by atoms with Crippen LogP contribution in [0, 0.1) is 12.7 Å². The van der Waals surface area contributed by atoms with E-state index < -0.39 is 5.97 Å². The summed E-state index contributed by atoms with van der Waals surface area (Å²) in [6.45, 7) is 2.15. The number of methoxy groups -OCH3 is 1. The summed E-state index contributed by atoms with van der Waals surface area (Å²) in [5.74, 6) is -0.372. The van der Waals surface area contributed by atoms with Gasteiger partial charge in [0.2, 0.25) is 0 Å². The molecule has 0 saturated heterocycles. The molecule has 170 valence electrons. The number of carboxylic acid groups (broad SMARTS) is 1. The van der Waals surface area contributed by atoms with E-state index in [0.717, 1.165) is 16.5 Å². The Hall–Kier alpha value is -3.84. The third-order valence-electron chi connectivity index (χ3n) is 5.53. The van der Waals surface area contributed by atoms with E-state index in [1.54, 1.807) is 42.7 Å². The van der Waals surface area contributed by atoms with Crippen LogP contribution < -0.4 is 15.2 Å². The number of hydrogen-bond donors (Lipinski definition) is 2. The highest BCUT2D eigenvalue weighted by Gasteiger charge is 2.17. The zero-order valence-electron chi connectivity index (χ0n) is 18.4. The van der Waals surface area contributed by atoms with Gasteiger partial charge in [0.05, 0.1) is 19.8 Å². The van der Waals surface area contributed by atoms with Crippen LogP contribution in [0.5, 0.6) is 11.5 Å². The third kappa shape index (κ3) is 4.54. The second kappa shape index (κ2) is 9.34. The predicted octanol–water partition coefficient (Wildman–Crippen LogP) is 5.22. The van der Waals surface area contributed by atoms with Crippen molar-refractivity contribution in [3.63, 3.8) is 0 Å². The first-order chi connectivity index (χ1) is 15.9. The van der Waals surface area contributed by atoms with Gasteiger partial charge in [-0.15, -0.1) is 0 Å². The molecule has 0 radical (unpaired) electrons. The quantitative estimate of drug-likeness (QED) is 0.383. The van der Waals surface area contributed by atoms with Crippen molar-refractivity contribution in [3.8, 4) is 22.6 Å². The zero-order valence-corrected chi connectivity index (χ0v) is 18.4. The van der Waals surface area contributed by atoms with E-state index in [1.807, 2.05) is 19.1 Å². The lowest BCUT2D eigenvalue weighted by Gasteiger charge is -2.14. The van der Waals surface area contributed by atoms with Crippen LogP contribution in [-0.4, -0.2) is 18.2 Å². The second-order valence-electron chi connectivity index (χ2n) is 7.75. The molecule has 7 heteroatoms. The fourth-order valence-corrected chi connectivity index (χ4v) is 3.81. The fourth-order valence-electron chi connectivity index (χ4n) is 3.81. The van der Waals surface area contributed by atoms with Crippen LogP contribution in [-0.2, 0) is 24.4 Å². The molecular formula is C26H24FNO5. The number of carboxylic acids is 1. The lowest BCUT2D eigenvalue weighted by Crippen LogP contribution is -2.05. The molecule has 4 aromatic rings. The molecule has 4 rings (SSSR count). The van der Waals surface area contributed by atoms with Gasteiger partial charge in [0.25, 0.3) is 0 Å². The first kappa shape index (κ1) is 22.4. The first-order valence-electron chi connectivity index (χ1n) is 10.4. The van der Waals surface area contributed by atoms with Crippen molar-refractivity contribution in [1.29, 1.82) is 0 Å². The molecule has 6 nitrogen and oxygen atoms in total. The number of carbonyl (C=O) groups is 1. The summed E-state index contributed by atoms with van der Waals surface area (Å²) in [7, 11) is 1.53. The molecule has 0 bridgehead atoms. The molecule has 0 amide bonds. The molecule has 0 fully saturated rings. The minimum absolute atomic E-state index is 0.0883. The highest BCUT2D eigenvalue weighted by molar-refractivity contribution is 5.95. The van der Waals surface area contributed by atoms with Crippen molar-refractivity contribution in [1.82, 2.24) is 0 Å². The second-order valence-corrected chi connectivity index (χ2v) is 7.75. The van der Waals surface area contributed by atoms with Crippen LogP contribution in [0.25, 0.3) is 22.1 Å². The van der Waals surface area contributed by atoms with Gasteiger partial charge in [-0.05, 0) is 36.2 Å². The van der Waals surface area contributed by atoms with Gasteiger partial charge in [-0.3, -0.25) is 4.79 Å². The molecule has 0 aliphatic rings. The molecule has 0 saturated carbocycles. The average molecular weight is 449 g/mol. The van der Waals surface area contributed by atoms with Crippen LogP contribution in [0.4, 0.5) is 4.39 Å². The summed E-state index contributed by atoms with van der Waals surface area (Å²) >= 11 is 0. The molecule has 0 unspecified atom stereocenters. The average Bonchev–Trinajstić information content (AvgIpc) is 3.18. The standard InChI is InChI=1S/C26H24FNO5/c1-15-13-33-26-21(15)8-16(9-22(26)20-5-3-4-18(12-28)25(20)27)14-32-23-11-19(31-2)7-6-17(23)10-24(29)30/h3-9,11,13H,10,12,14,28H2,1-2H3,(H,29,30). The Morgan fingerprint density at radius 2 is 1.94 bits per heavy atom. The van der Waals surface area contributed by atoms with Crippen LogP contribution in [0.15, 0.2) is 59.2 Å². The van der Waals surface area contributed by atoms with Crippen LogP contribution in [0.2, 0.25) is 0 Å². The van der Waals surface area contributed by atoms with Gasteiger partial charge < -0.3 is 24.7 Å². The van der Waals surface area contributed by atoms with E-state index in [0.29, 0.717) is 39.3 Å². The number of aryl methyl sites for hydroxylation is 1. The molecule has 1 aromatic heterocycles. The normalized spacial score (nSPS) is 11.0. The lowest BCUT2D eigenvalue weighted by atomic mass is 9.97. The number of furan rings is 1. The summed E-state index contributed by atoms with van der Waals surface area (Å²) < 4.78 is 32.1. The van der Waals surface area contributed by atoms with Gasteiger partial charge in [0.15, 0.2) is 0 Å². The van der Waals surface area contributed by atoms with Crippen molar-refractivity contribution in [2.45, 2.75) is 26.5 Å². The van der Waals surface area contributed by atoms with Crippen molar-refractivity contribution < 1.29 is 28.2 Å². The number of benzene rings is 3. The van der Waals surface area contributed by atoms with Gasteiger partial charge >= 0.3 is 5.97 Å². The SMILES string of the molecule is COc1ccc(CC(=O)O)c(OCc2cc(-c3cccc(CN)c3F)c3occ(C)c3c2)c1. The number of fused-ring (bicyclic) bond motifs is 1. The van der Waals surface area contributed by atoms with Crippen molar-refractivity contribution in [2.75, 3.05) is 7.11 Å². The summed E-state index contributed by atoms with van der Waals surface area (Å²) in [5.41, 5.74) is 9.91. The topological polar surface area (TPSA) is 94.9 Å². The van der Waals surface area contributed by atoms with Gasteiger partial charge in [-0.25, -0.2) is 4.39 Å². The van der Waals surface area contributed by atoms with Crippen LogP contribution in [0.1, 0.15) is 22.3 Å². The Kier molecular flexibility index (Phi) is 6.33. The fraction of sp³-hybridized carbons (Fsp3) is 0.192. The zero-order chi connectivity index (χ0) is 23.5. The molecule has 3 aromatic carbocycles. The molecule has 0 aliphatic heterocycles. The van der Waals surface area contributed by atoms with Crippen LogP contribution in [0.3, 0.4) is 0 Å². The smallest absolute Gasteiger partial charge is 0.307 e. The largest absolute Gasteiger partial charge is 0.497 e. The third-order valence-corrected chi connectivity index (χ3v) is 5.53. The Labute approximate surface area is 190 Å². The van der Waals surface area contributed by atoms with Crippen molar-refractivity contribution in [3.05, 3.63) is 82.9 Å². The first-order valence-corrected chi connectivity index (χ1v) is 10.4. The molecule has 0 atom stereocenters. The lowest BCUT2D eigenvalue weighted by molar-refractivity contribution is -0.136. The number of hydrogen-bond acceptors (Lipinski definition) is 5. The maximum absolute atomic E-state index is 15.1. The minimum Gasteiger partial charge on any atom is -0.497 e. The Bertz CT molecular complexity index is 1330. The Morgan fingerprint density at radius 3 is 2.67 bits per heavy atom. The Balaban J connectivity index is 1.75. The maximum atomic E-state index is 15.1. The van der Waals surface area contributed by atoms with Crippen molar-refractivity contribution in [2.24, 2.45) is 5.73 Å². The maximum Gasteiger partial charge on any atom is 0.307 e. The van der Waals surface area contributed by atoms with Gasteiger partial charge in [0, 0.05) is 40.3 Å². The Morgan fingerprint density at radius 1 is 1.12 bits per heavy atom. The number of nitrogens with two attached hydrogens (primary N) is 1. The monoisotopic (exact) mass is 449 g/mol. The summed E-state index contributed by atoms with van der Waals surface area (Å²) in [6, 6.07) is 13.9. The number of ether oxygens (including phenoxy) is 2. The summed E-state index contributed by atoms with van der Waals surface area (Å²) in [4.78, 5) is 11.2. The van der Waals surface area contributed by atoms with Gasteiger partial charge in [0.1, 0.15) is 29.5 Å². The van der Waals surface area contributed by atoms with E-state index in [1.165, 1.54) is 7.11 Å². The summed E-state index contributed by atoms with van der Waals surface area (Å²) in [5, 5.41) is 10.1. The van der Waals surface area contributed by atoms with Crippen molar-refractivity contribution >= 4 is 16.9 Å². The minimum atomic E-state index is -0.960. The number of aliphatic carboxylic acids is 1. The van der Waals surface area contributed by atoms with E-state index >= 15 is 4.39 Å². The molecule has 33 heavy (non-hydrogen) atoms. The highest BCUT2D eigenvalue weighted by Crippen LogP contribution is 2.36. The number of rotatable bonds is 8. The van der Waals surface area contributed by atoms with Gasteiger partial charge in [-0.2, -0.15) is 0 Å². The highest BCUT2D eigenvalue weighted by atomic mass is 19.1. The molecule has 0 spiro atoms. The molecule has 0 aliphatic carbocycles. The predicted molar refractivity (Wildman–Crippen MR) is 123 cm³/mol. The van der Waals surface area contributed by atoms with E-state index in [9.17, 15) is 9.90 Å². The molecule has 3 N–H and O–H groups in total. The van der Waals surface area contributed by atoms with E-state index in [4.69, 9.17) is 19.6 Å². The van der Waals surface area contributed by atoms with Gasteiger partial charge in [-0.1, -0.05) is 24.3 Å². The van der Waals surface area contributed by atoms with E-state index in [2.05, 4.69) is 0 Å².